The van der Waals surface area contributed by atoms with E-state index in [9.17, 15) is 8.42 Å². The quantitative estimate of drug-likeness (QED) is 0.492. The van der Waals surface area contributed by atoms with Crippen molar-refractivity contribution in [2.24, 2.45) is 4.99 Å². The molecular formula is C22H32N4O3S. The van der Waals surface area contributed by atoms with E-state index >= 15 is 0 Å². The average Bonchev–Trinajstić information content (AvgIpc) is 2.69. The van der Waals surface area contributed by atoms with Gasteiger partial charge in [0.2, 0.25) is 0 Å². The van der Waals surface area contributed by atoms with Gasteiger partial charge in [-0.2, -0.15) is 0 Å². The van der Waals surface area contributed by atoms with E-state index in [0.29, 0.717) is 23.9 Å². The number of rotatable bonds is 8. The van der Waals surface area contributed by atoms with Gasteiger partial charge in [-0.15, -0.1) is 0 Å². The van der Waals surface area contributed by atoms with Crippen molar-refractivity contribution in [2.75, 3.05) is 41.1 Å². The van der Waals surface area contributed by atoms with Crippen LogP contribution in [0.1, 0.15) is 22.7 Å². The van der Waals surface area contributed by atoms with Crippen molar-refractivity contribution >= 4 is 15.8 Å². The summed E-state index contributed by atoms with van der Waals surface area (Å²) in [6.45, 7) is 3.00. The van der Waals surface area contributed by atoms with Gasteiger partial charge in [-0.05, 0) is 55.9 Å². The van der Waals surface area contributed by atoms with Crippen LogP contribution in [0.3, 0.4) is 0 Å². The lowest BCUT2D eigenvalue weighted by Crippen LogP contribution is -2.41. The number of benzene rings is 2. The predicted molar refractivity (Wildman–Crippen MR) is 122 cm³/mol. The van der Waals surface area contributed by atoms with Gasteiger partial charge in [-0.3, -0.25) is 4.99 Å². The van der Waals surface area contributed by atoms with Crippen molar-refractivity contribution in [3.63, 3.8) is 0 Å². The smallest absolute Gasteiger partial charge is 0.191 e. The van der Waals surface area contributed by atoms with Gasteiger partial charge in [0.1, 0.15) is 5.75 Å². The molecule has 8 heteroatoms. The molecule has 164 valence electrons. The molecule has 2 rings (SSSR count). The molecule has 0 amide bonds. The summed E-state index contributed by atoms with van der Waals surface area (Å²) in [5.41, 5.74) is 2.87. The predicted octanol–water partition coefficient (Wildman–Crippen LogP) is 2.38. The van der Waals surface area contributed by atoms with Crippen molar-refractivity contribution in [1.82, 2.24) is 15.5 Å². The van der Waals surface area contributed by atoms with Gasteiger partial charge in [-0.25, -0.2) is 8.42 Å². The number of hydrogen-bond acceptors (Lipinski definition) is 5. The molecule has 7 nitrogen and oxygen atoms in total. The van der Waals surface area contributed by atoms with Crippen LogP contribution in [0.5, 0.6) is 5.75 Å². The van der Waals surface area contributed by atoms with Gasteiger partial charge in [0.25, 0.3) is 0 Å². The van der Waals surface area contributed by atoms with Crippen LogP contribution in [0.4, 0.5) is 0 Å². The molecule has 0 fully saturated rings. The van der Waals surface area contributed by atoms with E-state index < -0.39 is 9.84 Å². The summed E-state index contributed by atoms with van der Waals surface area (Å²) in [6.07, 6.45) is 1.22. The fourth-order valence-electron chi connectivity index (χ4n) is 3.28. The maximum Gasteiger partial charge on any atom is 0.191 e. The van der Waals surface area contributed by atoms with Crippen LogP contribution in [-0.4, -0.2) is 60.3 Å². The lowest BCUT2D eigenvalue weighted by Gasteiger charge is -2.26. The van der Waals surface area contributed by atoms with E-state index in [4.69, 9.17) is 4.74 Å². The molecule has 0 aliphatic carbocycles. The van der Waals surface area contributed by atoms with Crippen molar-refractivity contribution in [1.29, 1.82) is 0 Å². The second-order valence-electron chi connectivity index (χ2n) is 7.43. The number of aryl methyl sites for hydroxylation is 1. The largest absolute Gasteiger partial charge is 0.497 e. The second-order valence-corrected chi connectivity index (χ2v) is 9.42. The molecule has 2 N–H and O–H groups in total. The second kappa shape index (κ2) is 10.4. The first-order valence-corrected chi connectivity index (χ1v) is 11.6. The molecule has 2 aromatic rings. The lowest BCUT2D eigenvalue weighted by atomic mass is 10.1. The number of guanidine groups is 1. The molecule has 0 saturated heterocycles. The van der Waals surface area contributed by atoms with Crippen LogP contribution in [0, 0.1) is 6.92 Å². The summed E-state index contributed by atoms with van der Waals surface area (Å²) < 4.78 is 28.9. The Hall–Kier alpha value is -2.58. The number of nitrogens with zero attached hydrogens (tertiary/aromatic N) is 2. The number of nitrogens with one attached hydrogen (secondary N) is 2. The number of ether oxygens (including phenoxy) is 1. The Kier molecular flexibility index (Phi) is 8.25. The summed E-state index contributed by atoms with van der Waals surface area (Å²) in [5.74, 6) is 1.50. The van der Waals surface area contributed by atoms with Crippen molar-refractivity contribution in [3.8, 4) is 5.75 Å². The van der Waals surface area contributed by atoms with E-state index in [1.807, 2.05) is 51.4 Å². The Morgan fingerprint density at radius 1 is 1.17 bits per heavy atom. The Balaban J connectivity index is 2.02. The SMILES string of the molecule is CN=C(NCc1ccc(S(C)(=O)=O)c(C)c1)NCC(c1cccc(OC)c1)N(C)C. The summed E-state index contributed by atoms with van der Waals surface area (Å²) in [6, 6.07) is 13.5. The van der Waals surface area contributed by atoms with Crippen LogP contribution in [0.2, 0.25) is 0 Å². The topological polar surface area (TPSA) is 83.0 Å². The van der Waals surface area contributed by atoms with Gasteiger partial charge >= 0.3 is 0 Å². The number of aliphatic imine (C=N–C) groups is 1. The number of methoxy groups -OCH3 is 1. The molecule has 2 aromatic carbocycles. The number of likely N-dealkylation sites (N-methyl/N-ethyl adjacent to an activating group) is 1. The molecule has 0 aliphatic heterocycles. The molecule has 0 saturated carbocycles. The van der Waals surface area contributed by atoms with Gasteiger partial charge in [0.15, 0.2) is 15.8 Å². The first-order chi connectivity index (χ1) is 14.2. The Morgan fingerprint density at radius 3 is 2.47 bits per heavy atom. The van der Waals surface area contributed by atoms with E-state index in [1.165, 1.54) is 6.26 Å². The van der Waals surface area contributed by atoms with Crippen molar-refractivity contribution in [3.05, 3.63) is 59.2 Å². The summed E-state index contributed by atoms with van der Waals surface area (Å²) in [4.78, 5) is 6.80. The van der Waals surface area contributed by atoms with Crippen LogP contribution < -0.4 is 15.4 Å². The minimum Gasteiger partial charge on any atom is -0.497 e. The molecule has 0 aliphatic rings. The zero-order valence-electron chi connectivity index (χ0n) is 18.6. The van der Waals surface area contributed by atoms with Gasteiger partial charge in [-0.1, -0.05) is 24.3 Å². The monoisotopic (exact) mass is 432 g/mol. The Morgan fingerprint density at radius 2 is 1.90 bits per heavy atom. The van der Waals surface area contributed by atoms with Crippen LogP contribution in [0.15, 0.2) is 52.4 Å². The molecule has 0 heterocycles. The molecule has 1 unspecified atom stereocenters. The maximum absolute atomic E-state index is 11.8. The lowest BCUT2D eigenvalue weighted by molar-refractivity contribution is 0.297. The Bertz CT molecular complexity index is 988. The first-order valence-electron chi connectivity index (χ1n) is 9.70. The molecule has 0 spiro atoms. The molecule has 0 bridgehead atoms. The number of hydrogen-bond donors (Lipinski definition) is 2. The third-order valence-electron chi connectivity index (χ3n) is 4.89. The standard InChI is InChI=1S/C22H32N4O3S/c1-16-12-17(10-11-21(16)30(6,27)28)14-24-22(23-2)25-15-20(26(3)4)18-8-7-9-19(13-18)29-5/h7-13,20H,14-15H2,1-6H3,(H2,23,24,25). The Labute approximate surface area is 180 Å². The molecule has 1 atom stereocenters. The highest BCUT2D eigenvalue weighted by Crippen LogP contribution is 2.22. The summed E-state index contributed by atoms with van der Waals surface area (Å²) >= 11 is 0. The van der Waals surface area contributed by atoms with Crippen molar-refractivity contribution in [2.45, 2.75) is 24.4 Å². The van der Waals surface area contributed by atoms with E-state index in [-0.39, 0.29) is 6.04 Å². The molecule has 30 heavy (non-hydrogen) atoms. The van der Waals surface area contributed by atoms with Crippen LogP contribution in [-0.2, 0) is 16.4 Å². The minimum atomic E-state index is -3.21. The minimum absolute atomic E-state index is 0.134. The fourth-order valence-corrected chi connectivity index (χ4v) is 4.24. The molecule has 0 aromatic heterocycles. The third kappa shape index (κ3) is 6.47. The highest BCUT2D eigenvalue weighted by Gasteiger charge is 2.16. The maximum atomic E-state index is 11.8. The van der Waals surface area contributed by atoms with Gasteiger partial charge in [0.05, 0.1) is 18.0 Å². The van der Waals surface area contributed by atoms with E-state index in [1.54, 1.807) is 20.2 Å². The fraction of sp³-hybridized carbons (Fsp3) is 0.409. The molecule has 0 radical (unpaired) electrons. The zero-order chi connectivity index (χ0) is 22.3. The van der Waals surface area contributed by atoms with E-state index in [0.717, 1.165) is 22.4 Å². The van der Waals surface area contributed by atoms with E-state index in [2.05, 4.69) is 26.6 Å². The first kappa shape index (κ1) is 23.7. The summed E-state index contributed by atoms with van der Waals surface area (Å²) in [5, 5.41) is 6.65. The summed E-state index contributed by atoms with van der Waals surface area (Å²) in [7, 11) is 4.25. The third-order valence-corrected chi connectivity index (χ3v) is 6.14. The molecular weight excluding hydrogens is 400 g/mol. The highest BCUT2D eigenvalue weighted by molar-refractivity contribution is 7.90. The van der Waals surface area contributed by atoms with Crippen LogP contribution in [0.25, 0.3) is 0 Å². The van der Waals surface area contributed by atoms with Crippen molar-refractivity contribution < 1.29 is 13.2 Å². The normalized spacial score (nSPS) is 13.2. The van der Waals surface area contributed by atoms with Crippen LogP contribution >= 0.6 is 0 Å². The average molecular weight is 433 g/mol. The highest BCUT2D eigenvalue weighted by atomic mass is 32.2. The zero-order valence-corrected chi connectivity index (χ0v) is 19.4. The van der Waals surface area contributed by atoms with Gasteiger partial charge < -0.3 is 20.3 Å². The van der Waals surface area contributed by atoms with Gasteiger partial charge in [0, 0.05) is 26.4 Å². The number of sulfone groups is 1.